The molecule has 0 radical (unpaired) electrons. The maximum Gasteiger partial charge on any atom is 0.157 e. The van der Waals surface area contributed by atoms with Crippen molar-refractivity contribution in [2.75, 3.05) is 12.3 Å². The second kappa shape index (κ2) is 5.35. The van der Waals surface area contributed by atoms with Crippen LogP contribution >= 0.6 is 11.8 Å². The summed E-state index contributed by atoms with van der Waals surface area (Å²) in [7, 11) is 0. The number of nitrogens with zero attached hydrogens (tertiary/aromatic N) is 1. The van der Waals surface area contributed by atoms with E-state index >= 15 is 0 Å². The Morgan fingerprint density at radius 3 is 2.50 bits per heavy atom. The predicted molar refractivity (Wildman–Crippen MR) is 81.3 cm³/mol. The van der Waals surface area contributed by atoms with E-state index in [4.69, 9.17) is 0 Å². The summed E-state index contributed by atoms with van der Waals surface area (Å²) in [6, 6.07) is 9.01. The maximum atomic E-state index is 4.63. The topological polar surface area (TPSA) is 24.4 Å². The number of rotatable bonds is 2. The first-order chi connectivity index (χ1) is 8.46. The molecule has 1 N–H and O–H groups in total. The molecule has 1 aromatic rings. The van der Waals surface area contributed by atoms with Crippen molar-refractivity contribution in [3.05, 3.63) is 35.4 Å². The molecule has 1 aromatic carbocycles. The molecule has 0 aliphatic carbocycles. The highest BCUT2D eigenvalue weighted by atomic mass is 32.2. The maximum absolute atomic E-state index is 4.63. The zero-order valence-electron chi connectivity index (χ0n) is 11.7. The molecule has 2 rings (SSSR count). The summed E-state index contributed by atoms with van der Waals surface area (Å²) in [4.78, 5) is 4.63. The van der Waals surface area contributed by atoms with Gasteiger partial charge in [-0.05, 0) is 24.8 Å². The number of hydrogen-bond donors (Lipinski definition) is 1. The summed E-state index contributed by atoms with van der Waals surface area (Å²) in [5.41, 5.74) is 2.95. The third kappa shape index (κ3) is 3.52. The van der Waals surface area contributed by atoms with Gasteiger partial charge in [-0.1, -0.05) is 55.4 Å². The molecule has 1 aliphatic rings. The number of benzene rings is 1. The average molecular weight is 262 g/mol. The lowest BCUT2D eigenvalue weighted by molar-refractivity contribution is 0.436. The zero-order valence-corrected chi connectivity index (χ0v) is 12.5. The van der Waals surface area contributed by atoms with Crippen LogP contribution in [0.1, 0.15) is 37.9 Å². The lowest BCUT2D eigenvalue weighted by Crippen LogP contribution is -2.32. The smallest absolute Gasteiger partial charge is 0.157 e. The highest BCUT2D eigenvalue weighted by Crippen LogP contribution is 2.28. The Kier molecular flexibility index (Phi) is 4.00. The highest BCUT2D eigenvalue weighted by molar-refractivity contribution is 8.13. The molecule has 1 unspecified atom stereocenters. The molecule has 1 aliphatic heterocycles. The first kappa shape index (κ1) is 13.5. The Balaban J connectivity index is 1.98. The number of aryl methyl sites for hydroxylation is 1. The standard InChI is InChI=1S/C15H22N2S/c1-11-5-7-13(8-6-11)12(2)17-14-16-9-15(3,4)10-18-14/h5-8,12H,9-10H2,1-4H3,(H,16,17). The van der Waals surface area contributed by atoms with Gasteiger partial charge in [-0.2, -0.15) is 0 Å². The van der Waals surface area contributed by atoms with Gasteiger partial charge in [-0.25, -0.2) is 0 Å². The van der Waals surface area contributed by atoms with Gasteiger partial charge in [0, 0.05) is 12.3 Å². The van der Waals surface area contributed by atoms with Gasteiger partial charge in [0.1, 0.15) is 0 Å². The lowest BCUT2D eigenvalue weighted by Gasteiger charge is -2.28. The Morgan fingerprint density at radius 2 is 1.94 bits per heavy atom. The van der Waals surface area contributed by atoms with Crippen molar-refractivity contribution in [3.8, 4) is 0 Å². The molecule has 0 spiro atoms. The fourth-order valence-corrected chi connectivity index (χ4v) is 2.89. The first-order valence-electron chi connectivity index (χ1n) is 6.47. The van der Waals surface area contributed by atoms with Gasteiger partial charge < -0.3 is 5.32 Å². The third-order valence-corrected chi connectivity index (χ3v) is 4.61. The molecule has 18 heavy (non-hydrogen) atoms. The van der Waals surface area contributed by atoms with Crippen LogP contribution < -0.4 is 5.32 Å². The Hall–Kier alpha value is -0.960. The second-order valence-corrected chi connectivity index (χ2v) is 6.82. The van der Waals surface area contributed by atoms with E-state index in [2.05, 4.69) is 62.3 Å². The third-order valence-electron chi connectivity index (χ3n) is 3.17. The normalized spacial score (nSPS) is 20.1. The van der Waals surface area contributed by atoms with Crippen molar-refractivity contribution in [1.82, 2.24) is 5.32 Å². The second-order valence-electron chi connectivity index (χ2n) is 5.85. The van der Waals surface area contributed by atoms with E-state index in [0.717, 1.165) is 17.5 Å². The SMILES string of the molecule is Cc1ccc(C(C)NC2=NCC(C)(C)CS2)cc1. The molecular weight excluding hydrogens is 240 g/mol. The van der Waals surface area contributed by atoms with Gasteiger partial charge in [0.15, 0.2) is 5.17 Å². The molecule has 0 fully saturated rings. The van der Waals surface area contributed by atoms with Gasteiger partial charge in [-0.3, -0.25) is 4.99 Å². The monoisotopic (exact) mass is 262 g/mol. The molecule has 0 amide bonds. The van der Waals surface area contributed by atoms with Crippen molar-refractivity contribution in [3.63, 3.8) is 0 Å². The van der Waals surface area contributed by atoms with E-state index in [1.165, 1.54) is 11.1 Å². The van der Waals surface area contributed by atoms with Crippen molar-refractivity contribution < 1.29 is 0 Å². The van der Waals surface area contributed by atoms with Crippen LogP contribution in [0.15, 0.2) is 29.3 Å². The van der Waals surface area contributed by atoms with Crippen molar-refractivity contribution in [1.29, 1.82) is 0 Å². The van der Waals surface area contributed by atoms with Crippen molar-refractivity contribution in [2.45, 2.75) is 33.7 Å². The Bertz CT molecular complexity index is 434. The van der Waals surface area contributed by atoms with E-state index in [1.54, 1.807) is 0 Å². The summed E-state index contributed by atoms with van der Waals surface area (Å²) in [6.45, 7) is 9.76. The minimum absolute atomic E-state index is 0.318. The number of aliphatic imine (C=N–C) groups is 1. The average Bonchev–Trinajstić information content (AvgIpc) is 2.33. The molecule has 3 heteroatoms. The van der Waals surface area contributed by atoms with E-state index in [9.17, 15) is 0 Å². The molecule has 0 aromatic heterocycles. The molecular formula is C15H22N2S. The van der Waals surface area contributed by atoms with Gasteiger partial charge in [0.05, 0.1) is 6.04 Å². The van der Waals surface area contributed by atoms with Gasteiger partial charge in [0.25, 0.3) is 0 Å². The number of amidine groups is 1. The lowest BCUT2D eigenvalue weighted by atomic mass is 9.97. The summed E-state index contributed by atoms with van der Waals surface area (Å²) in [5.74, 6) is 1.14. The van der Waals surface area contributed by atoms with Crippen LogP contribution in [0.25, 0.3) is 0 Å². The van der Waals surface area contributed by atoms with Crippen LogP contribution in [0.4, 0.5) is 0 Å². The molecule has 98 valence electrons. The minimum atomic E-state index is 0.318. The summed E-state index contributed by atoms with van der Waals surface area (Å²) < 4.78 is 0. The fraction of sp³-hybridized carbons (Fsp3) is 0.533. The van der Waals surface area contributed by atoms with Crippen LogP contribution in [0, 0.1) is 12.3 Å². The molecule has 0 saturated heterocycles. The van der Waals surface area contributed by atoms with Gasteiger partial charge in [-0.15, -0.1) is 0 Å². The Labute approximate surface area is 114 Å². The van der Waals surface area contributed by atoms with E-state index in [1.807, 2.05) is 11.8 Å². The number of nitrogens with one attached hydrogen (secondary N) is 1. The van der Waals surface area contributed by atoms with Gasteiger partial charge in [0.2, 0.25) is 0 Å². The minimum Gasteiger partial charge on any atom is -0.358 e. The fourth-order valence-electron chi connectivity index (χ4n) is 1.85. The van der Waals surface area contributed by atoms with Crippen LogP contribution in [0.5, 0.6) is 0 Å². The number of hydrogen-bond acceptors (Lipinski definition) is 3. The molecule has 1 atom stereocenters. The molecule has 2 nitrogen and oxygen atoms in total. The zero-order chi connectivity index (χ0) is 13.2. The number of thioether (sulfide) groups is 1. The predicted octanol–water partition coefficient (Wildman–Crippen LogP) is 3.77. The van der Waals surface area contributed by atoms with E-state index in [-0.39, 0.29) is 0 Å². The van der Waals surface area contributed by atoms with Crippen LogP contribution in [0.3, 0.4) is 0 Å². The van der Waals surface area contributed by atoms with Crippen LogP contribution in [-0.4, -0.2) is 17.5 Å². The molecule has 0 bridgehead atoms. The summed E-state index contributed by atoms with van der Waals surface area (Å²) in [5, 5.41) is 4.59. The summed E-state index contributed by atoms with van der Waals surface area (Å²) >= 11 is 1.84. The Morgan fingerprint density at radius 1 is 1.28 bits per heavy atom. The highest BCUT2D eigenvalue weighted by Gasteiger charge is 2.23. The van der Waals surface area contributed by atoms with E-state index < -0.39 is 0 Å². The van der Waals surface area contributed by atoms with Crippen molar-refractivity contribution in [2.24, 2.45) is 10.4 Å². The van der Waals surface area contributed by atoms with E-state index in [0.29, 0.717) is 11.5 Å². The van der Waals surface area contributed by atoms with Gasteiger partial charge >= 0.3 is 0 Å². The molecule has 1 heterocycles. The largest absolute Gasteiger partial charge is 0.358 e. The van der Waals surface area contributed by atoms with Crippen LogP contribution in [-0.2, 0) is 0 Å². The molecule has 0 saturated carbocycles. The van der Waals surface area contributed by atoms with Crippen molar-refractivity contribution >= 4 is 16.9 Å². The van der Waals surface area contributed by atoms with Crippen LogP contribution in [0.2, 0.25) is 0 Å². The quantitative estimate of drug-likeness (QED) is 0.877. The first-order valence-corrected chi connectivity index (χ1v) is 7.45. The summed E-state index contributed by atoms with van der Waals surface area (Å²) in [6.07, 6.45) is 0.